The van der Waals surface area contributed by atoms with Crippen molar-refractivity contribution in [1.82, 2.24) is 29.9 Å². The minimum absolute atomic E-state index is 0.0214. The van der Waals surface area contributed by atoms with E-state index in [0.29, 0.717) is 56.3 Å². The third-order valence-corrected chi connectivity index (χ3v) is 9.61. The number of hydrogen-bond acceptors (Lipinski definition) is 11. The zero-order valence-electron chi connectivity index (χ0n) is 29.1. The summed E-state index contributed by atoms with van der Waals surface area (Å²) in [7, 11) is 1.67. The number of aromatic nitrogens is 5. The average Bonchev–Trinajstić information content (AvgIpc) is 3.56. The fourth-order valence-electron chi connectivity index (χ4n) is 6.93. The molecule has 0 atom stereocenters. The van der Waals surface area contributed by atoms with E-state index in [-0.39, 0.29) is 34.2 Å². The van der Waals surface area contributed by atoms with Gasteiger partial charge in [-0.1, -0.05) is 6.07 Å². The van der Waals surface area contributed by atoms with Crippen LogP contribution in [0, 0.1) is 0 Å². The molecule has 1 fully saturated rings. The summed E-state index contributed by atoms with van der Waals surface area (Å²) in [4.78, 5) is 51.9. The van der Waals surface area contributed by atoms with Gasteiger partial charge in [-0.25, -0.2) is 23.4 Å². The van der Waals surface area contributed by atoms with Crippen LogP contribution >= 0.6 is 0 Å². The van der Waals surface area contributed by atoms with Crippen LogP contribution in [0.25, 0.3) is 11.3 Å². The second-order valence-corrected chi connectivity index (χ2v) is 12.8. The molecular formula is C36H38F2N8O7. The first kappa shape index (κ1) is 36.9. The molecule has 4 aromatic rings. The smallest absolute Gasteiger partial charge is 0.336 e. The number of aromatic carboxylic acids is 2. The number of carbonyl (C=O) groups excluding carboxylic acids is 2. The molecule has 0 aliphatic carbocycles. The van der Waals surface area contributed by atoms with Gasteiger partial charge in [0, 0.05) is 80.3 Å². The van der Waals surface area contributed by atoms with Crippen LogP contribution < -0.4 is 10.2 Å². The molecule has 0 radical (unpaired) electrons. The first-order valence-corrected chi connectivity index (χ1v) is 17.1. The molecule has 0 spiro atoms. The van der Waals surface area contributed by atoms with Crippen molar-refractivity contribution in [3.05, 3.63) is 75.6 Å². The largest absolute Gasteiger partial charge is 0.478 e. The summed E-state index contributed by atoms with van der Waals surface area (Å²) in [5, 5.41) is 33.3. The Balaban J connectivity index is 0.000000290. The molecule has 0 unspecified atom stereocenters. The number of nitrogens with one attached hydrogen (secondary N) is 1. The summed E-state index contributed by atoms with van der Waals surface area (Å²) >= 11 is 0. The monoisotopic (exact) mass is 732 g/mol. The van der Waals surface area contributed by atoms with Crippen molar-refractivity contribution in [3.8, 4) is 11.3 Å². The highest BCUT2D eigenvalue weighted by Crippen LogP contribution is 2.43. The van der Waals surface area contributed by atoms with Gasteiger partial charge >= 0.3 is 11.9 Å². The molecule has 278 valence electrons. The Morgan fingerprint density at radius 3 is 2.40 bits per heavy atom. The van der Waals surface area contributed by atoms with E-state index >= 15 is 0 Å². The molecule has 0 bridgehead atoms. The Bertz CT molecular complexity index is 2030. The van der Waals surface area contributed by atoms with E-state index in [1.807, 2.05) is 4.90 Å². The van der Waals surface area contributed by atoms with Crippen molar-refractivity contribution in [2.24, 2.45) is 0 Å². The standard InChI is InChI=1S/C27H32F2N8O2.C9H6O5/c1-16(38)35-9-5-23-21(15-35)26(34-37(23)18-6-10-39-11-7-18)36-8-3-4-17-12-19(20(25(28)29)13-24(17)36)22-14-31-27(30-2)33-32-22;10-4-5-1-2-6(8(11)12)7(3-5)9(13)14/h12-14,18,25H,3-11,15H2,1-2H3,(H,30,31,33);1-4H,(H,11,12)(H,13,14). The van der Waals surface area contributed by atoms with Gasteiger partial charge in [-0.05, 0) is 55.5 Å². The van der Waals surface area contributed by atoms with Crippen LogP contribution in [0.5, 0.6) is 0 Å². The number of aryl methyl sites for hydroxylation is 1. The Labute approximate surface area is 302 Å². The average molecular weight is 733 g/mol. The maximum Gasteiger partial charge on any atom is 0.336 e. The van der Waals surface area contributed by atoms with E-state index in [0.717, 1.165) is 72.6 Å². The number of aldehydes is 1. The number of carboxylic acids is 2. The van der Waals surface area contributed by atoms with Crippen molar-refractivity contribution >= 4 is 41.6 Å². The number of benzene rings is 2. The van der Waals surface area contributed by atoms with Crippen LogP contribution in [-0.2, 0) is 28.9 Å². The first-order valence-electron chi connectivity index (χ1n) is 17.1. The van der Waals surface area contributed by atoms with Gasteiger partial charge in [0.1, 0.15) is 12.0 Å². The lowest BCUT2D eigenvalue weighted by atomic mass is 9.93. The minimum atomic E-state index is -2.71. The molecule has 2 aromatic heterocycles. The molecule has 5 heterocycles. The Morgan fingerprint density at radius 2 is 1.77 bits per heavy atom. The molecule has 3 aliphatic rings. The van der Waals surface area contributed by atoms with E-state index in [1.54, 1.807) is 26.1 Å². The van der Waals surface area contributed by atoms with Gasteiger partial charge in [-0.3, -0.25) is 14.3 Å². The van der Waals surface area contributed by atoms with Crippen LogP contribution in [-0.4, -0.2) is 97.6 Å². The van der Waals surface area contributed by atoms with E-state index in [2.05, 4.69) is 30.1 Å². The predicted octanol–water partition coefficient (Wildman–Crippen LogP) is 4.95. The number of anilines is 3. The normalized spacial score (nSPS) is 15.6. The Hall–Kier alpha value is -5.84. The fraction of sp³-hybridized carbons (Fsp3) is 0.389. The number of halogens is 2. The van der Waals surface area contributed by atoms with E-state index in [1.165, 1.54) is 12.3 Å². The number of alkyl halides is 2. The number of carboxylic acid groups (broad SMARTS) is 2. The predicted molar refractivity (Wildman–Crippen MR) is 187 cm³/mol. The maximum absolute atomic E-state index is 14.4. The lowest BCUT2D eigenvalue weighted by molar-refractivity contribution is -0.129. The van der Waals surface area contributed by atoms with Crippen LogP contribution in [0.3, 0.4) is 0 Å². The molecule has 1 amide bonds. The van der Waals surface area contributed by atoms with E-state index in [4.69, 9.17) is 20.0 Å². The summed E-state index contributed by atoms with van der Waals surface area (Å²) in [6, 6.07) is 6.97. The highest BCUT2D eigenvalue weighted by atomic mass is 19.3. The number of rotatable bonds is 8. The first-order chi connectivity index (χ1) is 25.5. The van der Waals surface area contributed by atoms with E-state index < -0.39 is 18.4 Å². The molecular weight excluding hydrogens is 694 g/mol. The van der Waals surface area contributed by atoms with Crippen LogP contribution in [0.15, 0.2) is 36.5 Å². The third kappa shape index (κ3) is 7.69. The van der Waals surface area contributed by atoms with Crippen molar-refractivity contribution in [2.75, 3.05) is 43.6 Å². The Kier molecular flexibility index (Phi) is 11.0. The minimum Gasteiger partial charge on any atom is -0.478 e. The van der Waals surface area contributed by atoms with Crippen molar-refractivity contribution < 1.29 is 42.9 Å². The van der Waals surface area contributed by atoms with Crippen molar-refractivity contribution in [1.29, 1.82) is 0 Å². The van der Waals surface area contributed by atoms with Gasteiger partial charge < -0.3 is 30.1 Å². The molecule has 15 nitrogen and oxygen atoms in total. The molecule has 1 saturated heterocycles. The third-order valence-electron chi connectivity index (χ3n) is 9.61. The molecule has 17 heteroatoms. The van der Waals surface area contributed by atoms with Gasteiger partial charge in [-0.15, -0.1) is 10.2 Å². The summed E-state index contributed by atoms with van der Waals surface area (Å²) in [5.41, 5.74) is 3.78. The van der Waals surface area contributed by atoms with Crippen molar-refractivity contribution in [3.63, 3.8) is 0 Å². The van der Waals surface area contributed by atoms with E-state index in [9.17, 15) is 28.0 Å². The quantitative estimate of drug-likeness (QED) is 0.206. The zero-order chi connectivity index (χ0) is 37.8. The SMILES string of the molecule is CNc1ncc(-c2cc3c(cc2C(F)F)N(c2nn(C4CCOCC4)c4c2CN(C(C)=O)CC4)CCC3)nn1.O=Cc1ccc(C(=O)O)c(C(=O)O)c1. The number of ether oxygens (including phenoxy) is 1. The number of fused-ring (bicyclic) bond motifs is 2. The number of amides is 1. The second-order valence-electron chi connectivity index (χ2n) is 12.8. The molecule has 3 N–H and O–H groups in total. The molecule has 3 aliphatic heterocycles. The van der Waals surface area contributed by atoms with Gasteiger partial charge in [0.05, 0.1) is 29.9 Å². The van der Waals surface area contributed by atoms with Crippen molar-refractivity contribution in [2.45, 2.75) is 58.0 Å². The van der Waals surface area contributed by atoms with Gasteiger partial charge in [0.15, 0.2) is 5.82 Å². The lowest BCUT2D eigenvalue weighted by Crippen LogP contribution is -2.36. The topological polar surface area (TPSA) is 193 Å². The molecule has 0 saturated carbocycles. The van der Waals surface area contributed by atoms with Crippen LogP contribution in [0.4, 0.5) is 26.2 Å². The molecule has 53 heavy (non-hydrogen) atoms. The van der Waals surface area contributed by atoms with Gasteiger partial charge in [-0.2, -0.15) is 5.10 Å². The summed E-state index contributed by atoms with van der Waals surface area (Å²) in [6.07, 6.45) is 3.28. The van der Waals surface area contributed by atoms with Gasteiger partial charge in [0.25, 0.3) is 6.43 Å². The Morgan fingerprint density at radius 1 is 1.02 bits per heavy atom. The lowest BCUT2D eigenvalue weighted by Gasteiger charge is -2.33. The fourth-order valence-corrected chi connectivity index (χ4v) is 6.93. The maximum atomic E-state index is 14.4. The van der Waals surface area contributed by atoms with Crippen LogP contribution in [0.1, 0.15) is 92.1 Å². The summed E-state index contributed by atoms with van der Waals surface area (Å²) in [6.45, 7) is 4.73. The highest BCUT2D eigenvalue weighted by molar-refractivity contribution is 6.02. The molecule has 7 rings (SSSR count). The summed E-state index contributed by atoms with van der Waals surface area (Å²) < 4.78 is 36.6. The number of carbonyl (C=O) groups is 4. The number of nitrogens with zero attached hydrogens (tertiary/aromatic N) is 7. The highest BCUT2D eigenvalue weighted by Gasteiger charge is 2.34. The zero-order valence-corrected chi connectivity index (χ0v) is 29.1. The van der Waals surface area contributed by atoms with Gasteiger partial charge in [0.2, 0.25) is 11.9 Å². The second kappa shape index (κ2) is 15.8. The molecule has 2 aromatic carbocycles. The van der Waals surface area contributed by atoms with Crippen LogP contribution in [0.2, 0.25) is 0 Å². The number of hydrogen-bond donors (Lipinski definition) is 3. The summed E-state index contributed by atoms with van der Waals surface area (Å²) in [5.74, 6) is -1.60.